The zero-order valence-electron chi connectivity index (χ0n) is 18.5. The highest BCUT2D eigenvalue weighted by Crippen LogP contribution is 2.37. The van der Waals surface area contributed by atoms with Gasteiger partial charge in [0, 0.05) is 19.1 Å². The average molecular weight is 511 g/mol. The molecule has 0 heterocycles. The SMILES string of the molecule is COc1cc(OC)c(C(=O)/C(Br)=C/c2ccc(OCc3ccccc3)cc2)c(OC(C)=O)c1. The number of carbonyl (C=O) groups is 2. The number of hydrogen-bond acceptors (Lipinski definition) is 6. The Hall–Kier alpha value is -3.58. The summed E-state index contributed by atoms with van der Waals surface area (Å²) in [7, 11) is 2.89. The first kappa shape index (κ1) is 24.1. The fraction of sp³-hybridized carbons (Fsp3) is 0.154. The Balaban J connectivity index is 1.81. The molecular formula is C26H23BrO6. The molecule has 3 aromatic carbocycles. The van der Waals surface area contributed by atoms with Crippen LogP contribution in [-0.2, 0) is 11.4 Å². The summed E-state index contributed by atoms with van der Waals surface area (Å²) in [4.78, 5) is 24.8. The monoisotopic (exact) mass is 510 g/mol. The van der Waals surface area contributed by atoms with Gasteiger partial charge in [-0.1, -0.05) is 42.5 Å². The molecule has 0 radical (unpaired) electrons. The molecule has 0 aliphatic heterocycles. The Labute approximate surface area is 200 Å². The minimum Gasteiger partial charge on any atom is -0.496 e. The number of ether oxygens (including phenoxy) is 4. The van der Waals surface area contributed by atoms with Gasteiger partial charge in [-0.3, -0.25) is 9.59 Å². The van der Waals surface area contributed by atoms with Crippen molar-refractivity contribution < 1.29 is 28.5 Å². The van der Waals surface area contributed by atoms with Crippen molar-refractivity contribution in [3.8, 4) is 23.0 Å². The lowest BCUT2D eigenvalue weighted by Gasteiger charge is -2.14. The number of Topliss-reactive ketones (excluding diaryl/α,β-unsaturated/α-hetero) is 1. The van der Waals surface area contributed by atoms with Crippen molar-refractivity contribution in [1.29, 1.82) is 0 Å². The molecule has 0 atom stereocenters. The van der Waals surface area contributed by atoms with Gasteiger partial charge in [0.2, 0.25) is 5.78 Å². The Morgan fingerprint density at radius 1 is 0.879 bits per heavy atom. The van der Waals surface area contributed by atoms with Gasteiger partial charge < -0.3 is 18.9 Å². The molecule has 0 aromatic heterocycles. The molecule has 0 saturated carbocycles. The first-order chi connectivity index (χ1) is 15.9. The van der Waals surface area contributed by atoms with Crippen LogP contribution in [0.3, 0.4) is 0 Å². The summed E-state index contributed by atoms with van der Waals surface area (Å²) >= 11 is 3.35. The minimum absolute atomic E-state index is 0.0544. The molecule has 7 heteroatoms. The molecule has 0 saturated heterocycles. The predicted molar refractivity (Wildman–Crippen MR) is 129 cm³/mol. The van der Waals surface area contributed by atoms with E-state index < -0.39 is 11.8 Å². The summed E-state index contributed by atoms with van der Waals surface area (Å²) in [6.45, 7) is 1.72. The van der Waals surface area contributed by atoms with E-state index in [1.807, 2.05) is 54.6 Å². The number of esters is 1. The maximum atomic E-state index is 13.2. The lowest BCUT2D eigenvalue weighted by molar-refractivity contribution is -0.131. The van der Waals surface area contributed by atoms with Gasteiger partial charge in [-0.2, -0.15) is 0 Å². The largest absolute Gasteiger partial charge is 0.496 e. The maximum absolute atomic E-state index is 13.2. The highest BCUT2D eigenvalue weighted by atomic mass is 79.9. The van der Waals surface area contributed by atoms with Crippen molar-refractivity contribution >= 4 is 33.8 Å². The Bertz CT molecular complexity index is 1150. The second kappa shape index (κ2) is 11.3. The van der Waals surface area contributed by atoms with E-state index in [1.165, 1.54) is 27.2 Å². The maximum Gasteiger partial charge on any atom is 0.308 e. The molecule has 0 spiro atoms. The van der Waals surface area contributed by atoms with Crippen molar-refractivity contribution in [2.24, 2.45) is 0 Å². The van der Waals surface area contributed by atoms with Crippen LogP contribution in [0.4, 0.5) is 0 Å². The molecule has 3 aromatic rings. The summed E-state index contributed by atoms with van der Waals surface area (Å²) in [6.07, 6.45) is 1.67. The first-order valence-corrected chi connectivity index (χ1v) is 10.8. The third kappa shape index (κ3) is 6.46. The Kier molecular flexibility index (Phi) is 8.27. The first-order valence-electron chi connectivity index (χ1n) is 10.0. The number of rotatable bonds is 9. The van der Waals surface area contributed by atoms with Crippen LogP contribution >= 0.6 is 15.9 Å². The third-order valence-electron chi connectivity index (χ3n) is 4.61. The van der Waals surface area contributed by atoms with Crippen molar-refractivity contribution in [2.45, 2.75) is 13.5 Å². The van der Waals surface area contributed by atoms with E-state index in [-0.39, 0.29) is 21.5 Å². The van der Waals surface area contributed by atoms with E-state index in [4.69, 9.17) is 18.9 Å². The van der Waals surface area contributed by atoms with Gasteiger partial charge in [0.05, 0.1) is 18.7 Å². The highest BCUT2D eigenvalue weighted by Gasteiger charge is 2.23. The van der Waals surface area contributed by atoms with Crippen LogP contribution in [-0.4, -0.2) is 26.0 Å². The number of benzene rings is 3. The van der Waals surface area contributed by atoms with Crippen molar-refractivity contribution in [2.75, 3.05) is 14.2 Å². The molecule has 0 amide bonds. The lowest BCUT2D eigenvalue weighted by Crippen LogP contribution is -2.10. The number of hydrogen-bond donors (Lipinski definition) is 0. The van der Waals surface area contributed by atoms with Crippen LogP contribution in [0.5, 0.6) is 23.0 Å². The predicted octanol–water partition coefficient (Wildman–Crippen LogP) is 5.83. The fourth-order valence-corrected chi connectivity index (χ4v) is 3.50. The molecule has 0 fully saturated rings. The summed E-state index contributed by atoms with van der Waals surface area (Å²) in [5.41, 5.74) is 1.97. The van der Waals surface area contributed by atoms with E-state index in [9.17, 15) is 9.59 Å². The standard InChI is InChI=1S/C26H23BrO6/c1-17(28)33-24-15-21(30-2)14-23(31-3)25(24)26(29)22(27)13-18-9-11-20(12-10-18)32-16-19-7-5-4-6-8-19/h4-15H,16H2,1-3H3/b22-13-. The summed E-state index contributed by atoms with van der Waals surface area (Å²) in [6, 6.07) is 20.2. The van der Waals surface area contributed by atoms with Gasteiger partial charge in [0.25, 0.3) is 0 Å². The number of carbonyl (C=O) groups excluding carboxylic acids is 2. The topological polar surface area (TPSA) is 71.1 Å². The summed E-state index contributed by atoms with van der Waals surface area (Å²) < 4.78 is 21.9. The molecular weight excluding hydrogens is 488 g/mol. The van der Waals surface area contributed by atoms with E-state index in [0.717, 1.165) is 11.1 Å². The Morgan fingerprint density at radius 3 is 2.15 bits per heavy atom. The molecule has 3 rings (SSSR count). The third-order valence-corrected chi connectivity index (χ3v) is 5.20. The quantitative estimate of drug-likeness (QED) is 0.156. The zero-order chi connectivity index (χ0) is 23.8. The van der Waals surface area contributed by atoms with Crippen LogP contribution in [0.25, 0.3) is 6.08 Å². The molecule has 170 valence electrons. The lowest BCUT2D eigenvalue weighted by atomic mass is 10.1. The van der Waals surface area contributed by atoms with Crippen molar-refractivity contribution in [1.82, 2.24) is 0 Å². The molecule has 33 heavy (non-hydrogen) atoms. The zero-order valence-corrected chi connectivity index (χ0v) is 20.0. The molecule has 0 N–H and O–H groups in total. The van der Waals surface area contributed by atoms with E-state index >= 15 is 0 Å². The van der Waals surface area contributed by atoms with E-state index in [1.54, 1.807) is 12.1 Å². The van der Waals surface area contributed by atoms with Gasteiger partial charge >= 0.3 is 5.97 Å². The number of ketones is 1. The second-order valence-corrected chi connectivity index (χ2v) is 7.82. The smallest absolute Gasteiger partial charge is 0.308 e. The summed E-state index contributed by atoms with van der Waals surface area (Å²) in [5.74, 6) is 0.420. The van der Waals surface area contributed by atoms with Crippen LogP contribution in [0.15, 0.2) is 71.2 Å². The van der Waals surface area contributed by atoms with Gasteiger partial charge in [0.1, 0.15) is 35.2 Å². The molecule has 0 aliphatic carbocycles. The van der Waals surface area contributed by atoms with Crippen LogP contribution in [0.2, 0.25) is 0 Å². The van der Waals surface area contributed by atoms with Crippen molar-refractivity contribution in [3.63, 3.8) is 0 Å². The van der Waals surface area contributed by atoms with E-state index in [2.05, 4.69) is 15.9 Å². The van der Waals surface area contributed by atoms with Crippen molar-refractivity contribution in [3.05, 3.63) is 87.9 Å². The molecule has 0 bridgehead atoms. The molecule has 0 aliphatic rings. The Morgan fingerprint density at radius 2 is 1.55 bits per heavy atom. The number of allylic oxidation sites excluding steroid dienone is 1. The average Bonchev–Trinajstić information content (AvgIpc) is 2.82. The van der Waals surface area contributed by atoms with Crippen LogP contribution < -0.4 is 18.9 Å². The normalized spacial score (nSPS) is 11.0. The van der Waals surface area contributed by atoms with Gasteiger partial charge in [-0.05, 0) is 45.3 Å². The minimum atomic E-state index is -0.564. The van der Waals surface area contributed by atoms with Gasteiger partial charge in [-0.25, -0.2) is 0 Å². The second-order valence-electron chi connectivity index (χ2n) is 6.96. The van der Waals surface area contributed by atoms with Gasteiger partial charge in [0.15, 0.2) is 0 Å². The number of methoxy groups -OCH3 is 2. The summed E-state index contributed by atoms with van der Waals surface area (Å²) in [5, 5.41) is 0. The molecule has 0 unspecified atom stereocenters. The number of halogens is 1. The van der Waals surface area contributed by atoms with Gasteiger partial charge in [-0.15, -0.1) is 0 Å². The highest BCUT2D eigenvalue weighted by molar-refractivity contribution is 9.12. The molecule has 6 nitrogen and oxygen atoms in total. The van der Waals surface area contributed by atoms with Crippen LogP contribution in [0, 0.1) is 0 Å². The fourth-order valence-electron chi connectivity index (χ4n) is 3.04. The van der Waals surface area contributed by atoms with E-state index in [0.29, 0.717) is 18.1 Å². The van der Waals surface area contributed by atoms with Crippen LogP contribution in [0.1, 0.15) is 28.4 Å².